The average Bonchev–Trinajstić information content (AvgIpc) is 2.73. The molecule has 0 aliphatic rings. The molecule has 102 valence electrons. The second-order valence-electron chi connectivity index (χ2n) is 4.63. The molecule has 0 fully saturated rings. The van der Waals surface area contributed by atoms with Crippen molar-refractivity contribution in [1.82, 2.24) is 9.80 Å². The second kappa shape index (κ2) is 7.18. The molecule has 0 radical (unpaired) electrons. The Hall–Kier alpha value is -1.33. The average molecular weight is 254 g/mol. The van der Waals surface area contributed by atoms with E-state index in [2.05, 4.69) is 0 Å². The predicted octanol–water partition coefficient (Wildman–Crippen LogP) is 1.29. The number of nitrogens with zero attached hydrogens (tertiary/aromatic N) is 2. The Morgan fingerprint density at radius 2 is 1.94 bits per heavy atom. The van der Waals surface area contributed by atoms with Crippen molar-refractivity contribution in [3.63, 3.8) is 0 Å². The number of rotatable bonds is 8. The van der Waals surface area contributed by atoms with Gasteiger partial charge in [0, 0.05) is 19.5 Å². The molecule has 1 aromatic heterocycles. The largest absolute Gasteiger partial charge is 0.480 e. The number of carboxylic acid groups (broad SMARTS) is 1. The fourth-order valence-electron chi connectivity index (χ4n) is 1.66. The molecule has 1 heterocycles. The van der Waals surface area contributed by atoms with Crippen LogP contribution in [0.15, 0.2) is 16.5 Å². The Balaban J connectivity index is 2.56. The van der Waals surface area contributed by atoms with Crippen molar-refractivity contribution in [2.45, 2.75) is 19.9 Å². The molecule has 5 nitrogen and oxygen atoms in total. The smallest absolute Gasteiger partial charge is 0.317 e. The lowest BCUT2D eigenvalue weighted by atomic mass is 10.3. The van der Waals surface area contributed by atoms with Crippen molar-refractivity contribution >= 4 is 5.97 Å². The van der Waals surface area contributed by atoms with E-state index in [0.717, 1.165) is 24.5 Å². The van der Waals surface area contributed by atoms with E-state index >= 15 is 0 Å². The van der Waals surface area contributed by atoms with Crippen molar-refractivity contribution in [1.29, 1.82) is 0 Å². The SMILES string of the molecule is CCc1ccc(CN(CCN(C)C)CC(=O)O)o1. The van der Waals surface area contributed by atoms with E-state index in [9.17, 15) is 4.79 Å². The number of hydrogen-bond acceptors (Lipinski definition) is 4. The first-order chi connectivity index (χ1) is 8.51. The minimum Gasteiger partial charge on any atom is -0.480 e. The maximum Gasteiger partial charge on any atom is 0.317 e. The number of carbonyl (C=O) groups is 1. The molecule has 0 amide bonds. The lowest BCUT2D eigenvalue weighted by Gasteiger charge is -2.21. The molecule has 0 unspecified atom stereocenters. The van der Waals surface area contributed by atoms with Gasteiger partial charge in [0.05, 0.1) is 13.1 Å². The Kier molecular flexibility index (Phi) is 5.88. The van der Waals surface area contributed by atoms with E-state index in [0.29, 0.717) is 13.1 Å². The summed E-state index contributed by atoms with van der Waals surface area (Å²) in [5.74, 6) is 0.954. The Morgan fingerprint density at radius 3 is 2.44 bits per heavy atom. The summed E-state index contributed by atoms with van der Waals surface area (Å²) in [7, 11) is 3.95. The van der Waals surface area contributed by atoms with Crippen LogP contribution in [0.25, 0.3) is 0 Å². The Morgan fingerprint density at radius 1 is 1.28 bits per heavy atom. The minimum absolute atomic E-state index is 0.0377. The summed E-state index contributed by atoms with van der Waals surface area (Å²) in [4.78, 5) is 14.7. The molecule has 0 aliphatic heterocycles. The monoisotopic (exact) mass is 254 g/mol. The van der Waals surface area contributed by atoms with Crippen LogP contribution in [0.4, 0.5) is 0 Å². The van der Waals surface area contributed by atoms with Crippen LogP contribution in [0.1, 0.15) is 18.4 Å². The predicted molar refractivity (Wildman–Crippen MR) is 69.6 cm³/mol. The fourth-order valence-corrected chi connectivity index (χ4v) is 1.66. The molecule has 0 saturated heterocycles. The van der Waals surface area contributed by atoms with Gasteiger partial charge in [0.25, 0.3) is 0 Å². The van der Waals surface area contributed by atoms with Crippen LogP contribution in [0.3, 0.4) is 0 Å². The molecule has 1 N–H and O–H groups in total. The van der Waals surface area contributed by atoms with E-state index in [1.165, 1.54) is 0 Å². The van der Waals surface area contributed by atoms with Gasteiger partial charge in [-0.25, -0.2) is 0 Å². The standard InChI is InChI=1S/C13H22N2O3/c1-4-11-5-6-12(18-11)9-15(10-13(16)17)8-7-14(2)3/h5-6H,4,7-10H2,1-3H3,(H,16,17). The van der Waals surface area contributed by atoms with E-state index in [-0.39, 0.29) is 6.54 Å². The highest BCUT2D eigenvalue weighted by atomic mass is 16.4. The number of hydrogen-bond donors (Lipinski definition) is 1. The first-order valence-corrected chi connectivity index (χ1v) is 6.17. The number of likely N-dealkylation sites (N-methyl/N-ethyl adjacent to an activating group) is 1. The highest BCUT2D eigenvalue weighted by molar-refractivity contribution is 5.69. The lowest BCUT2D eigenvalue weighted by molar-refractivity contribution is -0.138. The second-order valence-corrected chi connectivity index (χ2v) is 4.63. The highest BCUT2D eigenvalue weighted by Gasteiger charge is 2.12. The number of furan rings is 1. The Bertz CT molecular complexity index is 374. The maximum absolute atomic E-state index is 10.8. The van der Waals surface area contributed by atoms with Gasteiger partial charge in [0.15, 0.2) is 0 Å². The van der Waals surface area contributed by atoms with Crippen LogP contribution in [-0.2, 0) is 17.8 Å². The molecule has 0 saturated carbocycles. The summed E-state index contributed by atoms with van der Waals surface area (Å²) in [6.07, 6.45) is 0.858. The molecule has 0 aromatic carbocycles. The first kappa shape index (κ1) is 14.7. The van der Waals surface area contributed by atoms with Crippen LogP contribution in [0.5, 0.6) is 0 Å². The van der Waals surface area contributed by atoms with E-state index < -0.39 is 5.97 Å². The molecule has 0 spiro atoms. The third-order valence-corrected chi connectivity index (χ3v) is 2.67. The molecule has 5 heteroatoms. The molecule has 0 atom stereocenters. The van der Waals surface area contributed by atoms with Gasteiger partial charge in [-0.2, -0.15) is 0 Å². The van der Waals surface area contributed by atoms with Crippen molar-refractivity contribution < 1.29 is 14.3 Å². The number of aryl methyl sites for hydroxylation is 1. The zero-order valence-corrected chi connectivity index (χ0v) is 11.3. The molecule has 0 bridgehead atoms. The summed E-state index contributed by atoms with van der Waals surface area (Å²) >= 11 is 0. The van der Waals surface area contributed by atoms with E-state index in [1.54, 1.807) is 0 Å². The third kappa shape index (κ3) is 5.33. The van der Waals surface area contributed by atoms with Crippen LogP contribution >= 0.6 is 0 Å². The molecular weight excluding hydrogens is 232 g/mol. The van der Waals surface area contributed by atoms with Gasteiger partial charge in [0.2, 0.25) is 0 Å². The van der Waals surface area contributed by atoms with Gasteiger partial charge in [0.1, 0.15) is 11.5 Å². The molecular formula is C13H22N2O3. The molecule has 1 rings (SSSR count). The summed E-state index contributed by atoms with van der Waals surface area (Å²) in [6, 6.07) is 3.86. The zero-order valence-electron chi connectivity index (χ0n) is 11.3. The number of carboxylic acids is 1. The van der Waals surface area contributed by atoms with Crippen LogP contribution in [-0.4, -0.2) is 54.6 Å². The van der Waals surface area contributed by atoms with Gasteiger partial charge in [-0.05, 0) is 26.2 Å². The fraction of sp³-hybridized carbons (Fsp3) is 0.615. The minimum atomic E-state index is -0.809. The Labute approximate surface area is 108 Å². The normalized spacial score (nSPS) is 11.4. The van der Waals surface area contributed by atoms with E-state index in [1.807, 2.05) is 43.0 Å². The summed E-state index contributed by atoms with van der Waals surface area (Å²) in [6.45, 7) is 4.15. The van der Waals surface area contributed by atoms with Gasteiger partial charge in [-0.15, -0.1) is 0 Å². The van der Waals surface area contributed by atoms with Gasteiger partial charge in [-0.1, -0.05) is 6.92 Å². The van der Waals surface area contributed by atoms with Gasteiger partial charge < -0.3 is 14.4 Å². The van der Waals surface area contributed by atoms with Crippen LogP contribution in [0, 0.1) is 0 Å². The molecule has 18 heavy (non-hydrogen) atoms. The van der Waals surface area contributed by atoms with Crippen molar-refractivity contribution in [3.05, 3.63) is 23.7 Å². The summed E-state index contributed by atoms with van der Waals surface area (Å²) < 4.78 is 5.60. The van der Waals surface area contributed by atoms with Gasteiger partial charge in [-0.3, -0.25) is 9.69 Å². The van der Waals surface area contributed by atoms with Crippen LogP contribution in [0.2, 0.25) is 0 Å². The quantitative estimate of drug-likeness (QED) is 0.757. The molecule has 1 aromatic rings. The van der Waals surface area contributed by atoms with Crippen molar-refractivity contribution in [3.8, 4) is 0 Å². The maximum atomic E-state index is 10.8. The van der Waals surface area contributed by atoms with Gasteiger partial charge >= 0.3 is 5.97 Å². The summed E-state index contributed by atoms with van der Waals surface area (Å²) in [5.41, 5.74) is 0. The highest BCUT2D eigenvalue weighted by Crippen LogP contribution is 2.11. The van der Waals surface area contributed by atoms with Crippen molar-refractivity contribution in [2.24, 2.45) is 0 Å². The van der Waals surface area contributed by atoms with Crippen molar-refractivity contribution in [2.75, 3.05) is 33.7 Å². The van der Waals surface area contributed by atoms with E-state index in [4.69, 9.17) is 9.52 Å². The lowest BCUT2D eigenvalue weighted by Crippen LogP contribution is -2.35. The zero-order chi connectivity index (χ0) is 13.5. The topological polar surface area (TPSA) is 56.9 Å². The first-order valence-electron chi connectivity index (χ1n) is 6.17. The third-order valence-electron chi connectivity index (χ3n) is 2.67. The van der Waals surface area contributed by atoms with Crippen LogP contribution < -0.4 is 0 Å². The summed E-state index contributed by atoms with van der Waals surface area (Å²) in [5, 5.41) is 8.89. The molecule has 0 aliphatic carbocycles. The number of aliphatic carboxylic acids is 1.